The van der Waals surface area contributed by atoms with Crippen molar-refractivity contribution in [3.05, 3.63) is 29.8 Å². The Kier molecular flexibility index (Phi) is 4.83. The molecule has 3 nitrogen and oxygen atoms in total. The summed E-state index contributed by atoms with van der Waals surface area (Å²) < 4.78 is 5.66. The van der Waals surface area contributed by atoms with Gasteiger partial charge in [-0.25, -0.2) is 0 Å². The third-order valence-corrected chi connectivity index (χ3v) is 3.70. The Labute approximate surface area is 116 Å². The highest BCUT2D eigenvalue weighted by Crippen LogP contribution is 2.34. The average molecular weight is 262 g/mol. The Hall–Kier alpha value is -1.06. The maximum absolute atomic E-state index is 5.89. The molecule has 0 radical (unpaired) electrons. The lowest BCUT2D eigenvalue weighted by Crippen LogP contribution is -2.39. The number of nitrogens with zero attached hydrogens (tertiary/aromatic N) is 1. The molecule has 1 aliphatic rings. The van der Waals surface area contributed by atoms with Gasteiger partial charge < -0.3 is 10.5 Å². The minimum absolute atomic E-state index is 0.227. The number of nitrogens with two attached hydrogens (primary N) is 1. The van der Waals surface area contributed by atoms with Gasteiger partial charge in [0.1, 0.15) is 5.75 Å². The van der Waals surface area contributed by atoms with Crippen molar-refractivity contribution in [1.29, 1.82) is 0 Å². The number of ether oxygens (including phenoxy) is 1. The van der Waals surface area contributed by atoms with Crippen LogP contribution in [0.1, 0.15) is 32.3 Å². The van der Waals surface area contributed by atoms with E-state index in [9.17, 15) is 0 Å². The fraction of sp³-hybridized carbons (Fsp3) is 0.625. The standard InChI is InChI=1S/C16H26N2O/c1-12(2)19-15-8-4-13(5-9-15)11-18(3)16(10-17)14-6-7-14/h4-5,8-9,12,14,16H,6-7,10-11,17H2,1-3H3. The first-order valence-electron chi connectivity index (χ1n) is 7.26. The summed E-state index contributed by atoms with van der Waals surface area (Å²) in [5, 5.41) is 0. The van der Waals surface area contributed by atoms with E-state index in [0.29, 0.717) is 6.04 Å². The first kappa shape index (κ1) is 14.4. The summed E-state index contributed by atoms with van der Waals surface area (Å²) in [6.07, 6.45) is 2.91. The molecule has 1 aliphatic carbocycles. The van der Waals surface area contributed by atoms with Crippen LogP contribution < -0.4 is 10.5 Å². The molecule has 19 heavy (non-hydrogen) atoms. The first-order valence-corrected chi connectivity index (χ1v) is 7.26. The van der Waals surface area contributed by atoms with E-state index in [1.54, 1.807) is 0 Å². The lowest BCUT2D eigenvalue weighted by molar-refractivity contribution is 0.215. The van der Waals surface area contributed by atoms with Crippen LogP contribution in [0.15, 0.2) is 24.3 Å². The van der Waals surface area contributed by atoms with Crippen LogP contribution in [-0.2, 0) is 6.54 Å². The van der Waals surface area contributed by atoms with Crippen molar-refractivity contribution < 1.29 is 4.74 Å². The molecule has 0 heterocycles. The molecule has 0 bridgehead atoms. The van der Waals surface area contributed by atoms with Gasteiger partial charge in [-0.15, -0.1) is 0 Å². The van der Waals surface area contributed by atoms with Crippen molar-refractivity contribution >= 4 is 0 Å². The van der Waals surface area contributed by atoms with Crippen LogP contribution in [0.4, 0.5) is 0 Å². The monoisotopic (exact) mass is 262 g/mol. The molecule has 0 amide bonds. The van der Waals surface area contributed by atoms with Crippen molar-refractivity contribution in [2.45, 2.75) is 45.4 Å². The summed E-state index contributed by atoms with van der Waals surface area (Å²) in [6, 6.07) is 8.94. The summed E-state index contributed by atoms with van der Waals surface area (Å²) in [6.45, 7) is 5.81. The van der Waals surface area contributed by atoms with Crippen molar-refractivity contribution in [3.8, 4) is 5.75 Å². The van der Waals surface area contributed by atoms with Crippen LogP contribution in [0.2, 0.25) is 0 Å². The zero-order valence-electron chi connectivity index (χ0n) is 12.3. The van der Waals surface area contributed by atoms with Crippen LogP contribution in [0, 0.1) is 5.92 Å². The van der Waals surface area contributed by atoms with Crippen molar-refractivity contribution in [1.82, 2.24) is 4.90 Å². The summed E-state index contributed by atoms with van der Waals surface area (Å²) in [7, 11) is 2.17. The Bertz CT molecular complexity index is 384. The molecule has 0 spiro atoms. The van der Waals surface area contributed by atoms with E-state index in [1.165, 1.54) is 18.4 Å². The Balaban J connectivity index is 1.91. The van der Waals surface area contributed by atoms with Crippen LogP contribution in [0.3, 0.4) is 0 Å². The molecule has 2 rings (SSSR count). The number of hydrogen-bond donors (Lipinski definition) is 1. The number of rotatable bonds is 7. The van der Waals surface area contributed by atoms with Crippen molar-refractivity contribution in [3.63, 3.8) is 0 Å². The van der Waals surface area contributed by atoms with Gasteiger partial charge in [-0.3, -0.25) is 4.90 Å². The molecule has 2 N–H and O–H groups in total. The summed E-state index contributed by atoms with van der Waals surface area (Å²) in [4.78, 5) is 2.38. The quantitative estimate of drug-likeness (QED) is 0.821. The van der Waals surface area contributed by atoms with Gasteiger partial charge in [0.15, 0.2) is 0 Å². The van der Waals surface area contributed by atoms with E-state index in [4.69, 9.17) is 10.5 Å². The first-order chi connectivity index (χ1) is 9.10. The topological polar surface area (TPSA) is 38.5 Å². The fourth-order valence-corrected chi connectivity index (χ4v) is 2.56. The maximum Gasteiger partial charge on any atom is 0.119 e. The second kappa shape index (κ2) is 6.40. The molecular weight excluding hydrogens is 236 g/mol. The lowest BCUT2D eigenvalue weighted by Gasteiger charge is -2.27. The second-order valence-electron chi connectivity index (χ2n) is 5.87. The molecule has 3 heteroatoms. The van der Waals surface area contributed by atoms with Crippen molar-refractivity contribution in [2.24, 2.45) is 11.7 Å². The summed E-state index contributed by atoms with van der Waals surface area (Å²) >= 11 is 0. The Morgan fingerprint density at radius 1 is 1.26 bits per heavy atom. The van der Waals surface area contributed by atoms with Crippen LogP contribution >= 0.6 is 0 Å². The van der Waals surface area contributed by atoms with Gasteiger partial charge in [0, 0.05) is 19.1 Å². The van der Waals surface area contributed by atoms with Crippen molar-refractivity contribution in [2.75, 3.05) is 13.6 Å². The summed E-state index contributed by atoms with van der Waals surface area (Å²) in [5.41, 5.74) is 7.20. The maximum atomic E-state index is 5.89. The molecule has 0 saturated heterocycles. The molecule has 1 aromatic rings. The molecule has 1 unspecified atom stereocenters. The van der Waals surface area contributed by atoms with E-state index < -0.39 is 0 Å². The largest absolute Gasteiger partial charge is 0.491 e. The minimum atomic E-state index is 0.227. The molecule has 1 aromatic carbocycles. The Morgan fingerprint density at radius 3 is 2.37 bits per heavy atom. The van der Waals surface area contributed by atoms with E-state index in [0.717, 1.165) is 24.8 Å². The molecule has 0 aromatic heterocycles. The Morgan fingerprint density at radius 2 is 1.89 bits per heavy atom. The number of hydrogen-bond acceptors (Lipinski definition) is 3. The highest BCUT2D eigenvalue weighted by molar-refractivity contribution is 5.27. The number of benzene rings is 1. The highest BCUT2D eigenvalue weighted by atomic mass is 16.5. The van der Waals surface area contributed by atoms with Gasteiger partial charge >= 0.3 is 0 Å². The van der Waals surface area contributed by atoms with Crippen LogP contribution in [-0.4, -0.2) is 30.6 Å². The third-order valence-electron chi connectivity index (χ3n) is 3.70. The van der Waals surface area contributed by atoms with E-state index in [-0.39, 0.29) is 6.10 Å². The SMILES string of the molecule is CC(C)Oc1ccc(CN(C)C(CN)C2CC2)cc1. The number of likely N-dealkylation sites (N-methyl/N-ethyl adjacent to an activating group) is 1. The van der Waals surface area contributed by atoms with Gasteiger partial charge in [-0.2, -0.15) is 0 Å². The molecular formula is C16H26N2O. The van der Waals surface area contributed by atoms with Gasteiger partial charge in [0.25, 0.3) is 0 Å². The van der Waals surface area contributed by atoms with Gasteiger partial charge in [0.2, 0.25) is 0 Å². The smallest absolute Gasteiger partial charge is 0.119 e. The second-order valence-corrected chi connectivity index (χ2v) is 5.87. The normalized spacial score (nSPS) is 16.9. The zero-order valence-corrected chi connectivity index (χ0v) is 12.3. The van der Waals surface area contributed by atoms with Crippen LogP contribution in [0.5, 0.6) is 5.75 Å². The zero-order chi connectivity index (χ0) is 13.8. The predicted octanol–water partition coefficient (Wildman–Crippen LogP) is 2.64. The van der Waals surface area contributed by atoms with Gasteiger partial charge in [-0.1, -0.05) is 12.1 Å². The highest BCUT2D eigenvalue weighted by Gasteiger charge is 2.32. The molecule has 1 fully saturated rings. The molecule has 0 aliphatic heterocycles. The average Bonchev–Trinajstić information content (AvgIpc) is 3.16. The van der Waals surface area contributed by atoms with E-state index in [2.05, 4.69) is 36.2 Å². The minimum Gasteiger partial charge on any atom is -0.491 e. The lowest BCUT2D eigenvalue weighted by atomic mass is 10.1. The van der Waals surface area contributed by atoms with Gasteiger partial charge in [0.05, 0.1) is 6.10 Å². The molecule has 1 saturated carbocycles. The third kappa shape index (κ3) is 4.22. The van der Waals surface area contributed by atoms with E-state index >= 15 is 0 Å². The molecule has 1 atom stereocenters. The fourth-order valence-electron chi connectivity index (χ4n) is 2.56. The van der Waals surface area contributed by atoms with E-state index in [1.807, 2.05) is 13.8 Å². The summed E-state index contributed by atoms with van der Waals surface area (Å²) in [5.74, 6) is 1.76. The predicted molar refractivity (Wildman–Crippen MR) is 79.2 cm³/mol. The van der Waals surface area contributed by atoms with Gasteiger partial charge in [-0.05, 0) is 57.4 Å². The molecule has 106 valence electrons. The van der Waals surface area contributed by atoms with Crippen LogP contribution in [0.25, 0.3) is 0 Å².